The summed E-state index contributed by atoms with van der Waals surface area (Å²) >= 11 is 0. The van der Waals surface area contributed by atoms with Crippen LogP contribution in [-0.2, 0) is 4.79 Å². The lowest BCUT2D eigenvalue weighted by molar-refractivity contribution is -0.135. The summed E-state index contributed by atoms with van der Waals surface area (Å²) in [6.07, 6.45) is 4.12. The van der Waals surface area contributed by atoms with Gasteiger partial charge >= 0.3 is 0 Å². The number of nitriles is 1. The van der Waals surface area contributed by atoms with Crippen LogP contribution in [0.2, 0.25) is 0 Å². The molecule has 1 unspecified atom stereocenters. The standard InChI is InChI=1S/C13H21N3O/c1-11(13(17)16-6-2-3-7-16)15-8-4-12(10-14)5-9-15/h11-12H,2-9H2,1H3. The summed E-state index contributed by atoms with van der Waals surface area (Å²) in [5.74, 6) is 0.471. The first-order valence-electron chi connectivity index (χ1n) is 6.65. The summed E-state index contributed by atoms with van der Waals surface area (Å²) in [7, 11) is 0. The summed E-state index contributed by atoms with van der Waals surface area (Å²) in [6.45, 7) is 5.64. The van der Waals surface area contributed by atoms with Crippen LogP contribution in [0.25, 0.3) is 0 Å². The van der Waals surface area contributed by atoms with Crippen LogP contribution in [0.1, 0.15) is 32.6 Å². The summed E-state index contributed by atoms with van der Waals surface area (Å²) in [6, 6.07) is 2.32. The van der Waals surface area contributed by atoms with Crippen LogP contribution in [-0.4, -0.2) is 47.9 Å². The van der Waals surface area contributed by atoms with Crippen molar-refractivity contribution >= 4 is 5.91 Å². The topological polar surface area (TPSA) is 47.3 Å². The Balaban J connectivity index is 1.85. The number of rotatable bonds is 2. The van der Waals surface area contributed by atoms with Crippen LogP contribution in [0, 0.1) is 17.2 Å². The Kier molecular flexibility index (Phi) is 4.01. The monoisotopic (exact) mass is 235 g/mol. The van der Waals surface area contributed by atoms with Crippen molar-refractivity contribution in [1.82, 2.24) is 9.80 Å². The van der Waals surface area contributed by atoms with E-state index >= 15 is 0 Å². The van der Waals surface area contributed by atoms with Crippen molar-refractivity contribution < 1.29 is 4.79 Å². The average molecular weight is 235 g/mol. The number of carbonyl (C=O) groups excluding carboxylic acids is 1. The highest BCUT2D eigenvalue weighted by Crippen LogP contribution is 2.20. The summed E-state index contributed by atoms with van der Waals surface area (Å²) in [5.41, 5.74) is 0. The Labute approximate surface area is 103 Å². The Morgan fingerprint density at radius 3 is 2.35 bits per heavy atom. The van der Waals surface area contributed by atoms with Gasteiger partial charge in [0, 0.05) is 32.1 Å². The van der Waals surface area contributed by atoms with Crippen LogP contribution in [0.3, 0.4) is 0 Å². The lowest BCUT2D eigenvalue weighted by Crippen LogP contribution is -2.48. The Bertz CT molecular complexity index is 309. The van der Waals surface area contributed by atoms with Gasteiger partial charge in [0.15, 0.2) is 0 Å². The molecule has 0 spiro atoms. The van der Waals surface area contributed by atoms with Gasteiger partial charge in [0.05, 0.1) is 12.1 Å². The molecule has 0 aromatic carbocycles. The molecule has 0 N–H and O–H groups in total. The molecule has 17 heavy (non-hydrogen) atoms. The molecule has 4 nitrogen and oxygen atoms in total. The number of nitrogens with zero attached hydrogens (tertiary/aromatic N) is 3. The highest BCUT2D eigenvalue weighted by Gasteiger charge is 2.30. The largest absolute Gasteiger partial charge is 0.341 e. The zero-order valence-electron chi connectivity index (χ0n) is 10.6. The Hall–Kier alpha value is -1.08. The molecule has 2 saturated heterocycles. The predicted molar refractivity (Wildman–Crippen MR) is 65.2 cm³/mol. The van der Waals surface area contributed by atoms with E-state index in [4.69, 9.17) is 5.26 Å². The van der Waals surface area contributed by atoms with Crippen LogP contribution in [0.5, 0.6) is 0 Å². The van der Waals surface area contributed by atoms with E-state index in [0.717, 1.165) is 51.9 Å². The van der Waals surface area contributed by atoms with Gasteiger partial charge in [0.25, 0.3) is 0 Å². The lowest BCUT2D eigenvalue weighted by atomic mass is 9.97. The molecule has 2 fully saturated rings. The zero-order chi connectivity index (χ0) is 12.3. The van der Waals surface area contributed by atoms with E-state index in [-0.39, 0.29) is 17.9 Å². The van der Waals surface area contributed by atoms with Gasteiger partial charge in [-0.05, 0) is 32.6 Å². The van der Waals surface area contributed by atoms with Crippen LogP contribution < -0.4 is 0 Å². The highest BCUT2D eigenvalue weighted by molar-refractivity contribution is 5.81. The molecule has 2 aliphatic rings. The van der Waals surface area contributed by atoms with E-state index in [2.05, 4.69) is 11.0 Å². The molecule has 0 aliphatic carbocycles. The first-order valence-corrected chi connectivity index (χ1v) is 6.65. The van der Waals surface area contributed by atoms with E-state index in [1.165, 1.54) is 0 Å². The van der Waals surface area contributed by atoms with Crippen molar-refractivity contribution in [3.05, 3.63) is 0 Å². The zero-order valence-corrected chi connectivity index (χ0v) is 10.6. The Morgan fingerprint density at radius 1 is 1.24 bits per heavy atom. The first-order chi connectivity index (χ1) is 8.22. The molecule has 0 aromatic rings. The second-order valence-corrected chi connectivity index (χ2v) is 5.15. The molecule has 0 bridgehead atoms. The van der Waals surface area contributed by atoms with Gasteiger partial charge in [-0.1, -0.05) is 0 Å². The number of amides is 1. The number of piperidine rings is 1. The van der Waals surface area contributed by atoms with Crippen LogP contribution in [0.15, 0.2) is 0 Å². The summed E-state index contributed by atoms with van der Waals surface area (Å²) in [4.78, 5) is 16.4. The third-order valence-electron chi connectivity index (χ3n) is 4.03. The van der Waals surface area contributed by atoms with Gasteiger partial charge < -0.3 is 4.90 Å². The van der Waals surface area contributed by atoms with Crippen molar-refractivity contribution in [2.75, 3.05) is 26.2 Å². The SMILES string of the molecule is CC(C(=O)N1CCCC1)N1CCC(C#N)CC1. The fourth-order valence-corrected chi connectivity index (χ4v) is 2.77. The maximum atomic E-state index is 12.2. The summed E-state index contributed by atoms with van der Waals surface area (Å²) in [5, 5.41) is 8.85. The molecule has 2 aliphatic heterocycles. The third kappa shape index (κ3) is 2.78. The quantitative estimate of drug-likeness (QED) is 0.723. The van der Waals surface area contributed by atoms with E-state index in [1.807, 2.05) is 11.8 Å². The van der Waals surface area contributed by atoms with Gasteiger partial charge in [0.2, 0.25) is 5.91 Å². The minimum absolute atomic E-state index is 0.00672. The minimum Gasteiger partial charge on any atom is -0.341 e. The van der Waals surface area contributed by atoms with Crippen molar-refractivity contribution in [1.29, 1.82) is 5.26 Å². The number of hydrogen-bond donors (Lipinski definition) is 0. The molecular formula is C13H21N3O. The fourth-order valence-electron chi connectivity index (χ4n) is 2.77. The van der Waals surface area contributed by atoms with Crippen molar-refractivity contribution in [3.63, 3.8) is 0 Å². The fraction of sp³-hybridized carbons (Fsp3) is 0.846. The molecule has 0 radical (unpaired) electrons. The second kappa shape index (κ2) is 5.50. The summed E-state index contributed by atoms with van der Waals surface area (Å²) < 4.78 is 0. The maximum Gasteiger partial charge on any atom is 0.239 e. The van der Waals surface area contributed by atoms with Gasteiger partial charge in [0.1, 0.15) is 0 Å². The van der Waals surface area contributed by atoms with Crippen LogP contribution in [0.4, 0.5) is 0 Å². The van der Waals surface area contributed by atoms with Gasteiger partial charge in [-0.3, -0.25) is 9.69 Å². The number of hydrogen-bond acceptors (Lipinski definition) is 3. The lowest BCUT2D eigenvalue weighted by Gasteiger charge is -2.34. The van der Waals surface area contributed by atoms with Gasteiger partial charge in [-0.15, -0.1) is 0 Å². The molecule has 2 heterocycles. The minimum atomic E-state index is -0.00672. The van der Waals surface area contributed by atoms with E-state index in [0.29, 0.717) is 0 Å². The van der Waals surface area contributed by atoms with Crippen LogP contribution >= 0.6 is 0 Å². The van der Waals surface area contributed by atoms with E-state index < -0.39 is 0 Å². The molecule has 1 atom stereocenters. The van der Waals surface area contributed by atoms with Gasteiger partial charge in [-0.25, -0.2) is 0 Å². The average Bonchev–Trinajstić information content (AvgIpc) is 2.91. The smallest absolute Gasteiger partial charge is 0.239 e. The first kappa shape index (κ1) is 12.4. The van der Waals surface area contributed by atoms with Gasteiger partial charge in [-0.2, -0.15) is 5.26 Å². The van der Waals surface area contributed by atoms with E-state index in [9.17, 15) is 4.79 Å². The molecule has 4 heteroatoms. The number of carbonyl (C=O) groups is 1. The molecule has 0 aromatic heterocycles. The molecule has 0 saturated carbocycles. The highest BCUT2D eigenvalue weighted by atomic mass is 16.2. The maximum absolute atomic E-state index is 12.2. The van der Waals surface area contributed by atoms with Crippen molar-refractivity contribution in [3.8, 4) is 6.07 Å². The van der Waals surface area contributed by atoms with E-state index in [1.54, 1.807) is 0 Å². The molecule has 2 rings (SSSR count). The normalized spacial score (nSPS) is 24.6. The molecular weight excluding hydrogens is 214 g/mol. The Morgan fingerprint density at radius 2 is 1.82 bits per heavy atom. The number of likely N-dealkylation sites (tertiary alicyclic amines) is 2. The third-order valence-corrected chi connectivity index (χ3v) is 4.03. The van der Waals surface area contributed by atoms with Crippen molar-refractivity contribution in [2.45, 2.75) is 38.6 Å². The predicted octanol–water partition coefficient (Wildman–Crippen LogP) is 1.23. The molecule has 94 valence electrons. The second-order valence-electron chi connectivity index (χ2n) is 5.15. The van der Waals surface area contributed by atoms with Crippen molar-refractivity contribution in [2.24, 2.45) is 5.92 Å². The molecule has 1 amide bonds.